The first-order chi connectivity index (χ1) is 10.1. The summed E-state index contributed by atoms with van der Waals surface area (Å²) in [5.74, 6) is 0.157. The lowest BCUT2D eigenvalue weighted by molar-refractivity contribution is -0.147. The van der Waals surface area contributed by atoms with E-state index in [0.29, 0.717) is 0 Å². The first-order valence-electron chi connectivity index (χ1n) is 7.86. The monoisotopic (exact) mass is 286 g/mol. The summed E-state index contributed by atoms with van der Waals surface area (Å²) in [6.45, 7) is 4.66. The maximum atomic E-state index is 12.8. The normalized spacial score (nSPS) is 26.0. The number of carbonyl (C=O) groups excluding carboxylic acids is 2. The second-order valence-corrected chi connectivity index (χ2v) is 5.95. The van der Waals surface area contributed by atoms with Gasteiger partial charge in [0.05, 0.1) is 0 Å². The highest BCUT2D eigenvalue weighted by Gasteiger charge is 2.45. The highest BCUT2D eigenvalue weighted by molar-refractivity contribution is 6.08. The van der Waals surface area contributed by atoms with E-state index in [1.165, 1.54) is 5.56 Å². The fraction of sp³-hybridized carbons (Fsp3) is 0.529. The Hall–Kier alpha value is -1.84. The molecule has 0 aromatic heterocycles. The molecule has 4 heteroatoms. The van der Waals surface area contributed by atoms with E-state index in [1.54, 1.807) is 9.80 Å². The Morgan fingerprint density at radius 3 is 2.48 bits per heavy atom. The van der Waals surface area contributed by atoms with Crippen LogP contribution in [-0.4, -0.2) is 35.3 Å². The van der Waals surface area contributed by atoms with Gasteiger partial charge in [-0.1, -0.05) is 19.1 Å². The minimum absolute atomic E-state index is 0.0750. The fourth-order valence-electron chi connectivity index (χ4n) is 3.40. The summed E-state index contributed by atoms with van der Waals surface area (Å²) in [4.78, 5) is 28.8. The van der Waals surface area contributed by atoms with Crippen molar-refractivity contribution in [2.75, 3.05) is 11.4 Å². The average Bonchev–Trinajstić information content (AvgIpc) is 2.53. The van der Waals surface area contributed by atoms with Gasteiger partial charge in [-0.2, -0.15) is 0 Å². The van der Waals surface area contributed by atoms with E-state index in [0.717, 1.165) is 37.9 Å². The van der Waals surface area contributed by atoms with Crippen LogP contribution >= 0.6 is 0 Å². The number of rotatable bonds is 2. The van der Waals surface area contributed by atoms with Crippen molar-refractivity contribution in [1.82, 2.24) is 4.90 Å². The fourth-order valence-corrected chi connectivity index (χ4v) is 3.40. The molecule has 2 fully saturated rings. The Morgan fingerprint density at radius 1 is 1.10 bits per heavy atom. The quantitative estimate of drug-likeness (QED) is 0.837. The smallest absolute Gasteiger partial charge is 0.250 e. The van der Waals surface area contributed by atoms with Crippen LogP contribution in [0.5, 0.6) is 0 Å². The molecule has 2 heterocycles. The number of hydrogen-bond donors (Lipinski definition) is 0. The lowest BCUT2D eigenvalue weighted by Gasteiger charge is -2.46. The van der Waals surface area contributed by atoms with Gasteiger partial charge < -0.3 is 4.90 Å². The highest BCUT2D eigenvalue weighted by atomic mass is 16.2. The van der Waals surface area contributed by atoms with Gasteiger partial charge in [0, 0.05) is 12.2 Å². The van der Waals surface area contributed by atoms with E-state index in [4.69, 9.17) is 0 Å². The van der Waals surface area contributed by atoms with E-state index in [-0.39, 0.29) is 17.9 Å². The molecular formula is C17H22N2O2. The first kappa shape index (κ1) is 14.1. The van der Waals surface area contributed by atoms with Crippen LogP contribution in [0.1, 0.15) is 38.7 Å². The van der Waals surface area contributed by atoms with Gasteiger partial charge in [0.1, 0.15) is 12.1 Å². The lowest BCUT2D eigenvalue weighted by atomic mass is 9.95. The van der Waals surface area contributed by atoms with E-state index in [9.17, 15) is 9.59 Å². The number of aryl methyl sites for hydroxylation is 1. The van der Waals surface area contributed by atoms with Crippen LogP contribution in [-0.2, 0) is 16.0 Å². The number of carbonyl (C=O) groups is 2. The molecule has 0 saturated carbocycles. The standard InChI is InChI=1S/C17H22N2O2/c1-3-13-7-9-14(10-8-13)19-12(2)16(20)18-11-5-4-6-15(18)17(19)21/h7-10,12,15H,3-6,11H2,1-2H3. The Morgan fingerprint density at radius 2 is 1.81 bits per heavy atom. The van der Waals surface area contributed by atoms with Gasteiger partial charge in [0.15, 0.2) is 0 Å². The maximum absolute atomic E-state index is 12.8. The van der Waals surface area contributed by atoms with Crippen LogP contribution in [0, 0.1) is 0 Å². The van der Waals surface area contributed by atoms with E-state index < -0.39 is 6.04 Å². The van der Waals surface area contributed by atoms with Gasteiger partial charge in [-0.25, -0.2) is 0 Å². The predicted molar refractivity (Wildman–Crippen MR) is 82.1 cm³/mol. The van der Waals surface area contributed by atoms with Crippen molar-refractivity contribution in [1.29, 1.82) is 0 Å². The first-order valence-corrected chi connectivity index (χ1v) is 7.86. The third-order valence-corrected chi connectivity index (χ3v) is 4.68. The van der Waals surface area contributed by atoms with Gasteiger partial charge in [-0.05, 0) is 50.3 Å². The van der Waals surface area contributed by atoms with Crippen LogP contribution in [0.3, 0.4) is 0 Å². The molecule has 1 aromatic carbocycles. The minimum Gasteiger partial charge on any atom is -0.329 e. The molecule has 2 amide bonds. The maximum Gasteiger partial charge on any atom is 0.250 e. The van der Waals surface area contributed by atoms with Gasteiger partial charge in [-0.3, -0.25) is 14.5 Å². The molecule has 0 radical (unpaired) electrons. The third kappa shape index (κ3) is 2.33. The van der Waals surface area contributed by atoms with Crippen LogP contribution in [0.2, 0.25) is 0 Å². The minimum atomic E-state index is -0.403. The summed E-state index contributed by atoms with van der Waals surface area (Å²) in [5.41, 5.74) is 2.07. The molecule has 2 atom stereocenters. The van der Waals surface area contributed by atoms with Crippen molar-refractivity contribution in [3.8, 4) is 0 Å². The largest absolute Gasteiger partial charge is 0.329 e. The van der Waals surface area contributed by atoms with Crippen molar-refractivity contribution < 1.29 is 9.59 Å². The molecule has 0 bridgehead atoms. The molecule has 0 spiro atoms. The number of piperazine rings is 1. The molecule has 2 aliphatic heterocycles. The van der Waals surface area contributed by atoms with Crippen molar-refractivity contribution >= 4 is 17.5 Å². The average molecular weight is 286 g/mol. The van der Waals surface area contributed by atoms with Crippen LogP contribution in [0.25, 0.3) is 0 Å². The zero-order chi connectivity index (χ0) is 15.0. The SMILES string of the molecule is CCc1ccc(N2C(=O)C3CCCCN3C(=O)C2C)cc1. The van der Waals surface area contributed by atoms with Gasteiger partial charge in [0.25, 0.3) is 5.91 Å². The summed E-state index contributed by atoms with van der Waals surface area (Å²) < 4.78 is 0. The Kier molecular flexibility index (Phi) is 3.70. The van der Waals surface area contributed by atoms with Gasteiger partial charge >= 0.3 is 0 Å². The Labute approximate surface area is 125 Å². The molecule has 112 valence electrons. The molecular weight excluding hydrogens is 264 g/mol. The van der Waals surface area contributed by atoms with Gasteiger partial charge in [0.2, 0.25) is 5.91 Å². The summed E-state index contributed by atoms with van der Waals surface area (Å²) in [7, 11) is 0. The molecule has 1 aromatic rings. The predicted octanol–water partition coefficient (Wildman–Crippen LogP) is 2.37. The number of amides is 2. The Balaban J connectivity index is 1.92. The number of piperidine rings is 1. The second kappa shape index (κ2) is 5.51. The zero-order valence-electron chi connectivity index (χ0n) is 12.7. The van der Waals surface area contributed by atoms with Crippen molar-refractivity contribution in [3.63, 3.8) is 0 Å². The van der Waals surface area contributed by atoms with E-state index in [2.05, 4.69) is 6.92 Å². The molecule has 2 unspecified atom stereocenters. The number of hydrogen-bond acceptors (Lipinski definition) is 2. The van der Waals surface area contributed by atoms with E-state index in [1.807, 2.05) is 31.2 Å². The number of benzene rings is 1. The lowest BCUT2D eigenvalue weighted by Crippen LogP contribution is -2.65. The number of nitrogens with zero attached hydrogens (tertiary/aromatic N) is 2. The summed E-state index contributed by atoms with van der Waals surface area (Å²) in [6, 6.07) is 7.32. The van der Waals surface area contributed by atoms with Crippen LogP contribution < -0.4 is 4.90 Å². The molecule has 0 aliphatic carbocycles. The van der Waals surface area contributed by atoms with Crippen molar-refractivity contribution in [2.24, 2.45) is 0 Å². The number of anilines is 1. The molecule has 4 nitrogen and oxygen atoms in total. The van der Waals surface area contributed by atoms with Crippen molar-refractivity contribution in [3.05, 3.63) is 29.8 Å². The molecule has 21 heavy (non-hydrogen) atoms. The molecule has 0 N–H and O–H groups in total. The summed E-state index contributed by atoms with van der Waals surface area (Å²) in [6.07, 6.45) is 3.80. The Bertz CT molecular complexity index is 552. The van der Waals surface area contributed by atoms with Crippen LogP contribution in [0.4, 0.5) is 5.69 Å². The molecule has 3 rings (SSSR count). The van der Waals surface area contributed by atoms with Crippen molar-refractivity contribution in [2.45, 2.75) is 51.6 Å². The topological polar surface area (TPSA) is 40.6 Å². The zero-order valence-corrected chi connectivity index (χ0v) is 12.7. The number of fused-ring (bicyclic) bond motifs is 1. The summed E-state index contributed by atoms with van der Waals surface area (Å²) >= 11 is 0. The third-order valence-electron chi connectivity index (χ3n) is 4.68. The second-order valence-electron chi connectivity index (χ2n) is 5.95. The summed E-state index contributed by atoms with van der Waals surface area (Å²) in [5, 5.41) is 0. The van der Waals surface area contributed by atoms with Crippen LogP contribution in [0.15, 0.2) is 24.3 Å². The van der Waals surface area contributed by atoms with E-state index >= 15 is 0 Å². The highest BCUT2D eigenvalue weighted by Crippen LogP contribution is 2.30. The molecule has 2 aliphatic rings. The molecule has 2 saturated heterocycles. The van der Waals surface area contributed by atoms with Gasteiger partial charge in [-0.15, -0.1) is 0 Å².